The number of aromatic nitrogens is 4. The quantitative estimate of drug-likeness (QED) is 0.715. The molecule has 28 heavy (non-hydrogen) atoms. The highest BCUT2D eigenvalue weighted by atomic mass is 16.5. The monoisotopic (exact) mass is 380 g/mol. The van der Waals surface area contributed by atoms with E-state index in [9.17, 15) is 4.79 Å². The van der Waals surface area contributed by atoms with E-state index >= 15 is 0 Å². The summed E-state index contributed by atoms with van der Waals surface area (Å²) in [5.41, 5.74) is 6.16. The van der Waals surface area contributed by atoms with Crippen LogP contribution in [0.15, 0.2) is 47.2 Å². The molecule has 0 aliphatic carbocycles. The lowest BCUT2D eigenvalue weighted by Crippen LogP contribution is -2.41. The van der Waals surface area contributed by atoms with Crippen LogP contribution in [0.4, 0.5) is 5.82 Å². The molecule has 4 rings (SSSR count). The van der Waals surface area contributed by atoms with Gasteiger partial charge in [-0.05, 0) is 31.4 Å². The average Bonchev–Trinajstić information content (AvgIpc) is 3.23. The van der Waals surface area contributed by atoms with Gasteiger partial charge in [-0.3, -0.25) is 4.79 Å². The topological polar surface area (TPSA) is 120 Å². The van der Waals surface area contributed by atoms with E-state index in [4.69, 9.17) is 15.0 Å². The largest absolute Gasteiger partial charge is 0.484 e. The fourth-order valence-electron chi connectivity index (χ4n) is 3.22. The minimum Gasteiger partial charge on any atom is -0.484 e. The third-order valence-electron chi connectivity index (χ3n) is 4.60. The molecule has 0 radical (unpaired) electrons. The van der Waals surface area contributed by atoms with Gasteiger partial charge < -0.3 is 19.9 Å². The van der Waals surface area contributed by atoms with Crippen molar-refractivity contribution < 1.29 is 14.1 Å². The second kappa shape index (κ2) is 8.03. The molecule has 1 atom stereocenters. The molecule has 1 saturated heterocycles. The molecule has 144 valence electrons. The molecule has 1 aromatic carbocycles. The fourth-order valence-corrected chi connectivity index (χ4v) is 3.22. The summed E-state index contributed by atoms with van der Waals surface area (Å²) < 4.78 is 10.9. The van der Waals surface area contributed by atoms with Crippen LogP contribution in [0.2, 0.25) is 0 Å². The van der Waals surface area contributed by atoms with Crippen LogP contribution in [0.3, 0.4) is 0 Å². The lowest BCUT2D eigenvalue weighted by Gasteiger charge is -2.33. The van der Waals surface area contributed by atoms with Gasteiger partial charge in [-0.1, -0.05) is 23.4 Å². The Balaban J connectivity index is 1.49. The van der Waals surface area contributed by atoms with Crippen molar-refractivity contribution in [2.24, 2.45) is 0 Å². The van der Waals surface area contributed by atoms with Crippen LogP contribution in [0.1, 0.15) is 31.1 Å². The van der Waals surface area contributed by atoms with Crippen molar-refractivity contribution in [3.63, 3.8) is 0 Å². The van der Waals surface area contributed by atoms with Gasteiger partial charge in [0, 0.05) is 18.9 Å². The van der Waals surface area contributed by atoms with Crippen molar-refractivity contribution in [1.29, 1.82) is 0 Å². The number of amides is 1. The maximum atomic E-state index is 12.8. The SMILES string of the molecule is Nc1nccnc1-c1nc([C@H]2CCCCN2C(=O)COc2ccccc2)no1. The molecule has 3 aromatic rings. The Morgan fingerprint density at radius 3 is 2.86 bits per heavy atom. The van der Waals surface area contributed by atoms with Gasteiger partial charge in [-0.25, -0.2) is 9.97 Å². The van der Waals surface area contributed by atoms with Gasteiger partial charge >= 0.3 is 0 Å². The van der Waals surface area contributed by atoms with Crippen LogP contribution < -0.4 is 10.5 Å². The van der Waals surface area contributed by atoms with E-state index in [-0.39, 0.29) is 30.3 Å². The predicted octanol–water partition coefficient (Wildman–Crippen LogP) is 2.24. The number of ether oxygens (including phenoxy) is 1. The van der Waals surface area contributed by atoms with Gasteiger partial charge in [-0.15, -0.1) is 0 Å². The number of nitrogens with two attached hydrogens (primary N) is 1. The van der Waals surface area contributed by atoms with Crippen molar-refractivity contribution in [3.05, 3.63) is 48.5 Å². The number of nitrogen functional groups attached to an aromatic ring is 1. The minimum atomic E-state index is -0.268. The van der Waals surface area contributed by atoms with Gasteiger partial charge in [0.25, 0.3) is 11.8 Å². The zero-order valence-corrected chi connectivity index (χ0v) is 15.2. The van der Waals surface area contributed by atoms with E-state index in [0.29, 0.717) is 23.8 Å². The molecule has 9 nitrogen and oxygen atoms in total. The lowest BCUT2D eigenvalue weighted by molar-refractivity contribution is -0.137. The van der Waals surface area contributed by atoms with Crippen molar-refractivity contribution in [2.75, 3.05) is 18.9 Å². The molecule has 0 spiro atoms. The second-order valence-corrected chi connectivity index (χ2v) is 6.45. The van der Waals surface area contributed by atoms with Gasteiger partial charge in [0.2, 0.25) is 0 Å². The number of carbonyl (C=O) groups is 1. The number of hydrogen-bond donors (Lipinski definition) is 1. The van der Waals surface area contributed by atoms with Crippen LogP contribution in [-0.2, 0) is 4.79 Å². The summed E-state index contributed by atoms with van der Waals surface area (Å²) in [5, 5.41) is 4.06. The third kappa shape index (κ3) is 3.78. The average molecular weight is 380 g/mol. The molecule has 2 N–H and O–H groups in total. The van der Waals surface area contributed by atoms with Gasteiger partial charge in [0.1, 0.15) is 5.75 Å². The maximum absolute atomic E-state index is 12.8. The van der Waals surface area contributed by atoms with E-state index in [1.165, 1.54) is 12.4 Å². The molecule has 3 heterocycles. The van der Waals surface area contributed by atoms with Crippen LogP contribution >= 0.6 is 0 Å². The van der Waals surface area contributed by atoms with Gasteiger partial charge in [0.15, 0.2) is 23.9 Å². The van der Waals surface area contributed by atoms with Crippen LogP contribution in [-0.4, -0.2) is 44.1 Å². The molecule has 1 fully saturated rings. The predicted molar refractivity (Wildman–Crippen MR) is 100.0 cm³/mol. The number of carbonyl (C=O) groups excluding carboxylic acids is 1. The summed E-state index contributed by atoms with van der Waals surface area (Å²) in [4.78, 5) is 27.1. The summed E-state index contributed by atoms with van der Waals surface area (Å²) in [6.45, 7) is 0.584. The van der Waals surface area contributed by atoms with E-state index in [2.05, 4.69) is 20.1 Å². The highest BCUT2D eigenvalue weighted by Crippen LogP contribution is 2.31. The standard InChI is InChI=1S/C19H20N6O3/c20-17-16(21-9-10-22-17)19-23-18(24-28-19)14-8-4-5-11-25(14)15(26)12-27-13-6-2-1-3-7-13/h1-3,6-7,9-10,14H,4-5,8,11-12H2,(H2,20,22)/t14-/m1/s1. The maximum Gasteiger partial charge on any atom is 0.280 e. The summed E-state index contributed by atoms with van der Waals surface area (Å²) in [5.74, 6) is 1.39. The summed E-state index contributed by atoms with van der Waals surface area (Å²) in [7, 11) is 0. The molecule has 0 saturated carbocycles. The lowest BCUT2D eigenvalue weighted by atomic mass is 10.0. The van der Waals surface area contributed by atoms with E-state index in [1.807, 2.05) is 30.3 Å². The van der Waals surface area contributed by atoms with E-state index in [0.717, 1.165) is 19.3 Å². The number of para-hydroxylation sites is 1. The number of nitrogens with zero attached hydrogens (tertiary/aromatic N) is 5. The number of rotatable bonds is 5. The van der Waals surface area contributed by atoms with Gasteiger partial charge in [-0.2, -0.15) is 4.98 Å². The Hall–Kier alpha value is -3.49. The van der Waals surface area contributed by atoms with Crippen molar-refractivity contribution in [3.8, 4) is 17.3 Å². The number of anilines is 1. The zero-order chi connectivity index (χ0) is 19.3. The van der Waals surface area contributed by atoms with E-state index in [1.54, 1.807) is 4.90 Å². The molecule has 0 unspecified atom stereocenters. The summed E-state index contributed by atoms with van der Waals surface area (Å²) in [6, 6.07) is 8.99. The van der Waals surface area contributed by atoms with Crippen LogP contribution in [0.5, 0.6) is 5.75 Å². The van der Waals surface area contributed by atoms with Crippen LogP contribution in [0.25, 0.3) is 11.6 Å². The minimum absolute atomic E-state index is 0.0394. The molecular weight excluding hydrogens is 360 g/mol. The highest BCUT2D eigenvalue weighted by Gasteiger charge is 2.32. The van der Waals surface area contributed by atoms with Crippen molar-refractivity contribution in [1.82, 2.24) is 25.0 Å². The number of benzene rings is 1. The highest BCUT2D eigenvalue weighted by molar-refractivity contribution is 5.78. The van der Waals surface area contributed by atoms with Crippen LogP contribution in [0, 0.1) is 0 Å². The Labute approximate surface area is 161 Å². The molecule has 2 aromatic heterocycles. The molecule has 1 aliphatic heterocycles. The number of likely N-dealkylation sites (tertiary alicyclic amines) is 1. The van der Waals surface area contributed by atoms with Crippen molar-refractivity contribution in [2.45, 2.75) is 25.3 Å². The zero-order valence-electron chi connectivity index (χ0n) is 15.2. The number of hydrogen-bond acceptors (Lipinski definition) is 8. The van der Waals surface area contributed by atoms with Gasteiger partial charge in [0.05, 0.1) is 6.04 Å². The number of piperidine rings is 1. The molecule has 9 heteroatoms. The summed E-state index contributed by atoms with van der Waals surface area (Å²) >= 11 is 0. The Morgan fingerprint density at radius 2 is 2.04 bits per heavy atom. The fraction of sp³-hybridized carbons (Fsp3) is 0.316. The Morgan fingerprint density at radius 1 is 1.21 bits per heavy atom. The normalized spacial score (nSPS) is 16.7. The molecule has 1 aliphatic rings. The van der Waals surface area contributed by atoms with E-state index < -0.39 is 0 Å². The summed E-state index contributed by atoms with van der Waals surface area (Å²) in [6.07, 6.45) is 5.66. The molecule has 0 bridgehead atoms. The Bertz CT molecular complexity index is 946. The second-order valence-electron chi connectivity index (χ2n) is 6.45. The molecule has 1 amide bonds. The Kier molecular flexibility index (Phi) is 5.14. The smallest absolute Gasteiger partial charge is 0.280 e. The third-order valence-corrected chi connectivity index (χ3v) is 4.60. The first-order chi connectivity index (χ1) is 13.7. The first kappa shape index (κ1) is 17.9. The first-order valence-electron chi connectivity index (χ1n) is 9.10. The first-order valence-corrected chi connectivity index (χ1v) is 9.10. The van der Waals surface area contributed by atoms with Crippen molar-refractivity contribution >= 4 is 11.7 Å². The molecular formula is C19H20N6O3.